The first-order valence-corrected chi connectivity index (χ1v) is 10.0. The van der Waals surface area contributed by atoms with Crippen LogP contribution in [0.2, 0.25) is 0 Å². The second kappa shape index (κ2) is 8.26. The van der Waals surface area contributed by atoms with Crippen molar-refractivity contribution in [2.75, 3.05) is 6.61 Å². The lowest BCUT2D eigenvalue weighted by Gasteiger charge is -2.11. The van der Waals surface area contributed by atoms with Crippen LogP contribution < -0.4 is 0 Å². The van der Waals surface area contributed by atoms with Gasteiger partial charge in [0.2, 0.25) is 5.78 Å². The zero-order valence-corrected chi connectivity index (χ0v) is 17.3. The van der Waals surface area contributed by atoms with E-state index in [0.717, 1.165) is 22.2 Å². The molecule has 1 unspecified atom stereocenters. The summed E-state index contributed by atoms with van der Waals surface area (Å²) in [5.74, 6) is -0.0689. The van der Waals surface area contributed by atoms with Crippen LogP contribution >= 0.6 is 15.9 Å². The van der Waals surface area contributed by atoms with Crippen LogP contribution in [0.1, 0.15) is 59.9 Å². The van der Waals surface area contributed by atoms with E-state index in [1.807, 2.05) is 22.8 Å². The summed E-state index contributed by atoms with van der Waals surface area (Å²) in [5.41, 5.74) is 3.02. The highest BCUT2D eigenvalue weighted by Gasteiger charge is 2.34. The van der Waals surface area contributed by atoms with E-state index in [-0.39, 0.29) is 17.7 Å². The highest BCUT2D eigenvalue weighted by Crippen LogP contribution is 2.37. The third-order valence-corrected chi connectivity index (χ3v) is 5.53. The van der Waals surface area contributed by atoms with Gasteiger partial charge in [-0.3, -0.25) is 9.59 Å². The highest BCUT2D eigenvalue weighted by molar-refractivity contribution is 9.10. The minimum absolute atomic E-state index is 0.0578. The van der Waals surface area contributed by atoms with E-state index < -0.39 is 0 Å². The molecule has 0 aliphatic carbocycles. The van der Waals surface area contributed by atoms with Crippen LogP contribution in [0.5, 0.6) is 0 Å². The van der Waals surface area contributed by atoms with Gasteiger partial charge in [-0.2, -0.15) is 0 Å². The topological polar surface area (TPSA) is 48.3 Å². The Morgan fingerprint density at radius 1 is 1.33 bits per heavy atom. The van der Waals surface area contributed by atoms with E-state index in [0.29, 0.717) is 36.7 Å². The molecule has 1 aromatic heterocycles. The Morgan fingerprint density at radius 2 is 2.04 bits per heavy atom. The minimum atomic E-state index is -0.307. The lowest BCUT2D eigenvalue weighted by molar-refractivity contribution is -0.145. The van der Waals surface area contributed by atoms with Crippen LogP contribution in [0.25, 0.3) is 6.08 Å². The van der Waals surface area contributed by atoms with Gasteiger partial charge in [0, 0.05) is 22.3 Å². The van der Waals surface area contributed by atoms with Crippen molar-refractivity contribution < 1.29 is 14.3 Å². The second-order valence-electron chi connectivity index (χ2n) is 7.26. The van der Waals surface area contributed by atoms with E-state index in [4.69, 9.17) is 4.74 Å². The van der Waals surface area contributed by atoms with Gasteiger partial charge < -0.3 is 9.30 Å². The Bertz CT molecular complexity index is 864. The second-order valence-corrected chi connectivity index (χ2v) is 8.12. The van der Waals surface area contributed by atoms with Crippen LogP contribution in [0.15, 0.2) is 41.4 Å². The van der Waals surface area contributed by atoms with Gasteiger partial charge in [0.1, 0.15) is 5.69 Å². The zero-order chi connectivity index (χ0) is 19.6. The molecule has 0 spiro atoms. The Kier molecular flexibility index (Phi) is 6.00. The molecule has 1 aliphatic rings. The van der Waals surface area contributed by atoms with E-state index in [9.17, 15) is 9.59 Å². The fourth-order valence-corrected chi connectivity index (χ4v) is 3.97. The first-order valence-electron chi connectivity index (χ1n) is 9.25. The van der Waals surface area contributed by atoms with Crippen LogP contribution in [0.4, 0.5) is 0 Å². The molecule has 4 nitrogen and oxygen atoms in total. The van der Waals surface area contributed by atoms with Gasteiger partial charge in [0.05, 0.1) is 12.5 Å². The normalized spacial score (nSPS) is 15.6. The monoisotopic (exact) mass is 429 g/mol. The summed E-state index contributed by atoms with van der Waals surface area (Å²) in [6.07, 6.45) is 3.26. The standard InChI is InChI=1S/C22H24BrNO3/c1-4-15-5-7-16(8-6-15)21(25)20-18(23)13-19-17(9-11-24(19)20)22(26)27-12-10-14(2)3/h4-8,13-14,17H,1,9-12H2,2-3H3. The van der Waals surface area contributed by atoms with E-state index >= 15 is 0 Å². The largest absolute Gasteiger partial charge is 0.465 e. The zero-order valence-electron chi connectivity index (χ0n) is 15.7. The molecule has 1 aromatic carbocycles. The lowest BCUT2D eigenvalue weighted by Crippen LogP contribution is -2.15. The maximum atomic E-state index is 13.0. The molecule has 27 heavy (non-hydrogen) atoms. The van der Waals surface area contributed by atoms with Crippen molar-refractivity contribution in [1.82, 2.24) is 4.57 Å². The fourth-order valence-electron chi connectivity index (χ4n) is 3.34. The highest BCUT2D eigenvalue weighted by atomic mass is 79.9. The molecule has 1 aliphatic heterocycles. The molecule has 0 bridgehead atoms. The quantitative estimate of drug-likeness (QED) is 0.448. The number of benzene rings is 1. The van der Waals surface area contributed by atoms with Crippen molar-refractivity contribution in [2.45, 2.75) is 39.2 Å². The maximum absolute atomic E-state index is 13.0. The summed E-state index contributed by atoms with van der Waals surface area (Å²) in [6, 6.07) is 9.23. The van der Waals surface area contributed by atoms with Gasteiger partial charge in [0.25, 0.3) is 0 Å². The van der Waals surface area contributed by atoms with E-state index in [2.05, 4.69) is 36.4 Å². The SMILES string of the molecule is C=Cc1ccc(C(=O)c2c(Br)cc3n2CCC3C(=O)OCCC(C)C)cc1. The molecular formula is C22H24BrNO3. The van der Waals surface area contributed by atoms with E-state index in [1.54, 1.807) is 18.2 Å². The number of rotatable bonds is 7. The number of esters is 1. The van der Waals surface area contributed by atoms with Crippen molar-refractivity contribution >= 4 is 33.8 Å². The molecular weight excluding hydrogens is 406 g/mol. The average Bonchev–Trinajstić information content (AvgIpc) is 3.18. The molecule has 0 saturated heterocycles. The fraction of sp³-hybridized carbons (Fsp3) is 0.364. The first kappa shape index (κ1) is 19.6. The van der Waals surface area contributed by atoms with Crippen LogP contribution in [-0.4, -0.2) is 22.9 Å². The van der Waals surface area contributed by atoms with Crippen molar-refractivity contribution in [2.24, 2.45) is 5.92 Å². The van der Waals surface area contributed by atoms with Crippen LogP contribution in [-0.2, 0) is 16.1 Å². The van der Waals surface area contributed by atoms with Crippen LogP contribution in [0.3, 0.4) is 0 Å². The first-order chi connectivity index (χ1) is 12.9. The summed E-state index contributed by atoms with van der Waals surface area (Å²) in [4.78, 5) is 25.5. The molecule has 0 N–H and O–H groups in total. The molecule has 5 heteroatoms. The number of halogens is 1. The van der Waals surface area contributed by atoms with Gasteiger partial charge in [-0.15, -0.1) is 0 Å². The Morgan fingerprint density at radius 3 is 2.67 bits per heavy atom. The number of ketones is 1. The number of nitrogens with zero attached hydrogens (tertiary/aromatic N) is 1. The molecule has 0 fully saturated rings. The number of fused-ring (bicyclic) bond motifs is 1. The summed E-state index contributed by atoms with van der Waals surface area (Å²) in [7, 11) is 0. The maximum Gasteiger partial charge on any atom is 0.315 e. The summed E-state index contributed by atoms with van der Waals surface area (Å²) < 4.78 is 8.12. The predicted octanol–water partition coefficient (Wildman–Crippen LogP) is 5.20. The molecule has 1 atom stereocenters. The Labute approximate surface area is 168 Å². The molecule has 0 amide bonds. The molecule has 2 aromatic rings. The molecule has 3 rings (SSSR count). The number of carbonyl (C=O) groups is 2. The predicted molar refractivity (Wildman–Crippen MR) is 110 cm³/mol. The number of carbonyl (C=O) groups excluding carboxylic acids is 2. The summed E-state index contributed by atoms with van der Waals surface area (Å²) in [5, 5.41) is 0. The van der Waals surface area contributed by atoms with Crippen LogP contribution in [0, 0.1) is 5.92 Å². The molecule has 142 valence electrons. The Hall–Kier alpha value is -2.14. The minimum Gasteiger partial charge on any atom is -0.465 e. The number of hydrogen-bond donors (Lipinski definition) is 0. The third kappa shape index (κ3) is 4.08. The van der Waals surface area contributed by atoms with Crippen molar-refractivity contribution in [1.29, 1.82) is 0 Å². The van der Waals surface area contributed by atoms with Gasteiger partial charge in [-0.1, -0.05) is 50.8 Å². The molecule has 0 radical (unpaired) electrons. The summed E-state index contributed by atoms with van der Waals surface area (Å²) in [6.45, 7) is 9.01. The lowest BCUT2D eigenvalue weighted by atomic mass is 10.0. The van der Waals surface area contributed by atoms with Gasteiger partial charge in [-0.05, 0) is 46.3 Å². The van der Waals surface area contributed by atoms with Crippen molar-refractivity contribution in [3.8, 4) is 0 Å². The van der Waals surface area contributed by atoms with Gasteiger partial charge >= 0.3 is 5.97 Å². The van der Waals surface area contributed by atoms with E-state index in [1.165, 1.54) is 0 Å². The average molecular weight is 430 g/mol. The smallest absolute Gasteiger partial charge is 0.315 e. The molecule has 2 heterocycles. The van der Waals surface area contributed by atoms with Crippen molar-refractivity contribution in [3.63, 3.8) is 0 Å². The van der Waals surface area contributed by atoms with Crippen molar-refractivity contribution in [3.05, 3.63) is 63.9 Å². The number of aromatic nitrogens is 1. The summed E-state index contributed by atoms with van der Waals surface area (Å²) >= 11 is 3.51. The number of ether oxygens (including phenoxy) is 1. The Balaban J connectivity index is 1.81. The van der Waals surface area contributed by atoms with Gasteiger partial charge in [0.15, 0.2) is 0 Å². The number of hydrogen-bond acceptors (Lipinski definition) is 3. The van der Waals surface area contributed by atoms with Gasteiger partial charge in [-0.25, -0.2) is 0 Å². The third-order valence-electron chi connectivity index (χ3n) is 4.93. The molecule has 0 saturated carbocycles.